The third kappa shape index (κ3) is 71.8. The quantitative estimate of drug-likeness (QED) is 0.0169. The fourth-order valence-corrected chi connectivity index (χ4v) is 11.7. The molecule has 0 aliphatic heterocycles. The van der Waals surface area contributed by atoms with Gasteiger partial charge in [0.2, 0.25) is 0 Å². The molecule has 0 aliphatic carbocycles. The van der Waals surface area contributed by atoms with Gasteiger partial charge in [0, 0.05) is 25.7 Å². The Bertz CT molecular complexity index is 2370. The number of carbonyl (C=O) groups excluding carboxylic acids is 4. The van der Waals surface area contributed by atoms with Crippen molar-refractivity contribution in [3.8, 4) is 0 Å². The van der Waals surface area contributed by atoms with Gasteiger partial charge in [-0.3, -0.25) is 37.3 Å². The number of rotatable bonds is 72. The van der Waals surface area contributed by atoms with Crippen LogP contribution in [0.15, 0.2) is 122 Å². The molecule has 0 heterocycles. The first-order valence-corrected chi connectivity index (χ1v) is 41.8. The summed E-state index contributed by atoms with van der Waals surface area (Å²) in [5.74, 6) is -2.23. The summed E-state index contributed by atoms with van der Waals surface area (Å²) in [6, 6.07) is 0. The molecule has 0 rings (SSSR count). The normalized spacial score (nSPS) is 14.6. The Morgan fingerprint density at radius 1 is 0.290 bits per heavy atom. The van der Waals surface area contributed by atoms with Gasteiger partial charge in [-0.1, -0.05) is 278 Å². The molecule has 0 spiro atoms. The summed E-state index contributed by atoms with van der Waals surface area (Å²) in [7, 11) is -9.97. The first-order valence-electron chi connectivity index (χ1n) is 38.8. The van der Waals surface area contributed by atoms with Crippen molar-refractivity contribution in [1.29, 1.82) is 0 Å². The molecule has 3 N–H and O–H groups in total. The molecule has 5 unspecified atom stereocenters. The minimum absolute atomic E-state index is 0.0675. The molecule has 100 heavy (non-hydrogen) atoms. The lowest BCUT2D eigenvalue weighted by molar-refractivity contribution is -0.161. The van der Waals surface area contributed by atoms with Gasteiger partial charge in [0.25, 0.3) is 0 Å². The fraction of sp³-hybridized carbons (Fsp3) is 0.704. The van der Waals surface area contributed by atoms with Crippen LogP contribution in [0, 0.1) is 0 Å². The van der Waals surface area contributed by atoms with Crippen LogP contribution in [0.2, 0.25) is 0 Å². The summed E-state index contributed by atoms with van der Waals surface area (Å²) >= 11 is 0. The Labute approximate surface area is 606 Å². The number of esters is 4. The molecule has 19 heteroatoms. The third-order valence-corrected chi connectivity index (χ3v) is 17.8. The van der Waals surface area contributed by atoms with Crippen LogP contribution in [-0.2, 0) is 65.4 Å². The van der Waals surface area contributed by atoms with Crippen LogP contribution in [0.5, 0.6) is 0 Å². The molecule has 0 fully saturated rings. The van der Waals surface area contributed by atoms with E-state index < -0.39 is 97.5 Å². The Balaban J connectivity index is 5.39. The minimum Gasteiger partial charge on any atom is -0.462 e. The molecular weight excluding hydrogens is 1310 g/mol. The predicted octanol–water partition coefficient (Wildman–Crippen LogP) is 22.3. The Morgan fingerprint density at radius 2 is 0.520 bits per heavy atom. The summed E-state index contributed by atoms with van der Waals surface area (Å²) in [4.78, 5) is 72.9. The van der Waals surface area contributed by atoms with E-state index in [0.29, 0.717) is 25.7 Å². The molecule has 0 bridgehead atoms. The highest BCUT2D eigenvalue weighted by atomic mass is 31.2. The number of phosphoric acid groups is 2. The topological polar surface area (TPSA) is 237 Å². The zero-order chi connectivity index (χ0) is 73.2. The number of phosphoric ester groups is 2. The van der Waals surface area contributed by atoms with E-state index in [2.05, 4.69) is 149 Å². The monoisotopic (exact) mass is 1440 g/mol. The van der Waals surface area contributed by atoms with Crippen molar-refractivity contribution < 1.29 is 80.2 Å². The Morgan fingerprint density at radius 3 is 0.800 bits per heavy atom. The number of hydrogen-bond acceptors (Lipinski definition) is 15. The lowest BCUT2D eigenvalue weighted by atomic mass is 10.0. The molecule has 0 amide bonds. The molecule has 0 radical (unpaired) electrons. The van der Waals surface area contributed by atoms with E-state index in [-0.39, 0.29) is 25.7 Å². The van der Waals surface area contributed by atoms with Gasteiger partial charge in [-0.2, -0.15) is 0 Å². The van der Waals surface area contributed by atoms with Crippen LogP contribution in [0.25, 0.3) is 0 Å². The fourth-order valence-electron chi connectivity index (χ4n) is 10.1. The lowest BCUT2D eigenvalue weighted by Crippen LogP contribution is -2.30. The van der Waals surface area contributed by atoms with E-state index >= 15 is 0 Å². The van der Waals surface area contributed by atoms with Crippen molar-refractivity contribution in [3.63, 3.8) is 0 Å². The van der Waals surface area contributed by atoms with Crippen LogP contribution in [0.3, 0.4) is 0 Å². The zero-order valence-corrected chi connectivity index (χ0v) is 64.4. The van der Waals surface area contributed by atoms with Crippen molar-refractivity contribution in [2.75, 3.05) is 39.6 Å². The van der Waals surface area contributed by atoms with Gasteiger partial charge < -0.3 is 33.8 Å². The smallest absolute Gasteiger partial charge is 0.462 e. The molecular formula is C81H138O17P2. The first-order chi connectivity index (χ1) is 48.7. The number of hydrogen-bond donors (Lipinski definition) is 3. The average molecular weight is 1450 g/mol. The summed E-state index contributed by atoms with van der Waals surface area (Å²) in [6.07, 6.45) is 78.9. The predicted molar refractivity (Wildman–Crippen MR) is 408 cm³/mol. The molecule has 0 saturated carbocycles. The van der Waals surface area contributed by atoms with E-state index in [4.69, 9.17) is 37.0 Å². The number of allylic oxidation sites excluding steroid dienone is 20. The first kappa shape index (κ1) is 95.5. The van der Waals surface area contributed by atoms with E-state index in [1.807, 2.05) is 0 Å². The maximum atomic E-state index is 13.1. The minimum atomic E-state index is -4.99. The zero-order valence-electron chi connectivity index (χ0n) is 62.6. The van der Waals surface area contributed by atoms with Gasteiger partial charge in [0.1, 0.15) is 19.3 Å². The van der Waals surface area contributed by atoms with Crippen molar-refractivity contribution in [3.05, 3.63) is 122 Å². The maximum absolute atomic E-state index is 13.1. The molecule has 0 aliphatic rings. The SMILES string of the molecule is CC/C=C\C/C=C\C/C=C\C/C=C\CCCCCCC(=O)OCC(COP(=O)(O)OCC(O)COP(=O)(O)OCC(COC(=O)CCCCCCC/C=C\C/C=C\C/C=C\CC)OC(=O)CCCCCCCCCCCCCCC)OC(=O)CCCCCCC/C=C\C/C=C\C/C=C\CC. The van der Waals surface area contributed by atoms with E-state index in [0.717, 1.165) is 180 Å². The van der Waals surface area contributed by atoms with Crippen LogP contribution >= 0.6 is 15.6 Å². The van der Waals surface area contributed by atoms with Crippen molar-refractivity contribution in [2.24, 2.45) is 0 Å². The van der Waals surface area contributed by atoms with Crippen molar-refractivity contribution in [1.82, 2.24) is 0 Å². The van der Waals surface area contributed by atoms with E-state index in [9.17, 15) is 43.2 Å². The average Bonchev–Trinajstić information content (AvgIpc) is 1.06. The van der Waals surface area contributed by atoms with Crippen molar-refractivity contribution in [2.45, 2.75) is 329 Å². The largest absolute Gasteiger partial charge is 0.472 e. The van der Waals surface area contributed by atoms with Crippen LogP contribution in [-0.4, -0.2) is 96.7 Å². The second-order valence-electron chi connectivity index (χ2n) is 25.5. The number of unbranched alkanes of at least 4 members (excludes halogenated alkanes) is 26. The second kappa shape index (κ2) is 72.8. The summed E-state index contributed by atoms with van der Waals surface area (Å²) in [5, 5.41) is 10.6. The van der Waals surface area contributed by atoms with Crippen molar-refractivity contribution >= 4 is 39.5 Å². The van der Waals surface area contributed by atoms with Gasteiger partial charge in [-0.15, -0.1) is 0 Å². The van der Waals surface area contributed by atoms with Gasteiger partial charge in [0.15, 0.2) is 12.2 Å². The highest BCUT2D eigenvalue weighted by Crippen LogP contribution is 2.45. The standard InChI is InChI=1S/C81H138O17P2/c1-5-9-13-17-21-25-29-33-36-37-40-43-46-50-54-58-62-66-79(84)92-72-77(98-81(86)68-64-60-56-52-48-44-39-35-31-27-23-19-15-11-7-3)74-96-100(89,90)94-70-75(82)69-93-99(87,88)95-73-76(97-80(85)67-63-59-55-51-47-41-32-28-24-20-16-12-8-4)71-91-78(83)65-61-57-53-49-45-42-38-34-30-26-22-18-14-10-6-2/h9-11,13-15,21-23,25-27,33-36,38-40,43,75-77,82H,5-8,12,16-20,24,28-32,37,41-42,44-74H2,1-4H3,(H,87,88)(H,89,90)/b13-9-,14-10-,15-11-,25-21-,26-22-,27-23-,36-33-,38-34-,39-35-,43-40-. The summed E-state index contributed by atoms with van der Waals surface area (Å²) < 4.78 is 68.5. The molecule has 17 nitrogen and oxygen atoms in total. The highest BCUT2D eigenvalue weighted by Gasteiger charge is 2.30. The molecule has 0 saturated heterocycles. The van der Waals surface area contributed by atoms with Crippen LogP contribution in [0.1, 0.15) is 310 Å². The van der Waals surface area contributed by atoms with E-state index in [1.165, 1.54) is 51.4 Å². The number of aliphatic hydroxyl groups excluding tert-OH is 1. The molecule has 5 atom stereocenters. The van der Waals surface area contributed by atoms with Crippen LogP contribution < -0.4 is 0 Å². The number of carbonyl (C=O) groups is 4. The van der Waals surface area contributed by atoms with Gasteiger partial charge in [0.05, 0.1) is 26.4 Å². The molecule has 574 valence electrons. The highest BCUT2D eigenvalue weighted by molar-refractivity contribution is 7.47. The van der Waals surface area contributed by atoms with Crippen LogP contribution in [0.4, 0.5) is 0 Å². The van der Waals surface area contributed by atoms with Gasteiger partial charge in [-0.05, 0) is 128 Å². The maximum Gasteiger partial charge on any atom is 0.472 e. The van der Waals surface area contributed by atoms with Gasteiger partial charge in [-0.25, -0.2) is 9.13 Å². The number of ether oxygens (including phenoxy) is 4. The second-order valence-corrected chi connectivity index (χ2v) is 28.4. The number of aliphatic hydroxyl groups is 1. The summed E-state index contributed by atoms with van der Waals surface area (Å²) in [6.45, 7) is 4.49. The van der Waals surface area contributed by atoms with Gasteiger partial charge >= 0.3 is 39.5 Å². The molecule has 0 aromatic rings. The molecule has 0 aromatic carbocycles. The molecule has 0 aromatic heterocycles. The third-order valence-electron chi connectivity index (χ3n) is 15.9. The Hall–Kier alpha value is -4.54. The Kier molecular flexibility index (Phi) is 69.5. The summed E-state index contributed by atoms with van der Waals surface area (Å²) in [5.41, 5.74) is 0. The lowest BCUT2D eigenvalue weighted by Gasteiger charge is -2.21. The van der Waals surface area contributed by atoms with E-state index in [1.54, 1.807) is 0 Å².